The number of benzene rings is 1. The fourth-order valence-corrected chi connectivity index (χ4v) is 2.01. The molecule has 0 aliphatic heterocycles. The summed E-state index contributed by atoms with van der Waals surface area (Å²) >= 11 is 1.33. The molecule has 0 radical (unpaired) electrons. The number of hydrogen-bond acceptors (Lipinski definition) is 3. The molecule has 3 nitrogen and oxygen atoms in total. The number of aromatic nitrogens is 3. The van der Waals surface area contributed by atoms with Gasteiger partial charge in [0.05, 0.1) is 0 Å². The van der Waals surface area contributed by atoms with E-state index < -0.39 is 6.43 Å². The Morgan fingerprint density at radius 2 is 2.00 bits per heavy atom. The number of alkyl halides is 2. The number of aryl methyl sites for hydroxylation is 1. The molecule has 0 fully saturated rings. The van der Waals surface area contributed by atoms with Crippen LogP contribution in [0.2, 0.25) is 0 Å². The SMILES string of the molecule is Cc1ccc(CSc2n[nH]c(C(F)F)n2)cc1. The van der Waals surface area contributed by atoms with Crippen molar-refractivity contribution in [3.05, 3.63) is 41.2 Å². The maximum atomic E-state index is 12.2. The van der Waals surface area contributed by atoms with Crippen molar-refractivity contribution in [3.8, 4) is 0 Å². The molecule has 2 aromatic rings. The molecule has 0 spiro atoms. The lowest BCUT2D eigenvalue weighted by Crippen LogP contribution is -1.86. The van der Waals surface area contributed by atoms with Crippen LogP contribution in [0.25, 0.3) is 0 Å². The second-order valence-corrected chi connectivity index (χ2v) is 4.52. The number of nitrogens with one attached hydrogen (secondary N) is 1. The maximum absolute atomic E-state index is 12.2. The zero-order valence-electron chi connectivity index (χ0n) is 9.15. The predicted molar refractivity (Wildman–Crippen MR) is 62.1 cm³/mol. The van der Waals surface area contributed by atoms with E-state index in [2.05, 4.69) is 15.2 Å². The second-order valence-electron chi connectivity index (χ2n) is 3.58. The van der Waals surface area contributed by atoms with Crippen molar-refractivity contribution < 1.29 is 8.78 Å². The van der Waals surface area contributed by atoms with E-state index in [1.54, 1.807) is 0 Å². The molecule has 2 rings (SSSR count). The highest BCUT2D eigenvalue weighted by atomic mass is 32.2. The summed E-state index contributed by atoms with van der Waals surface area (Å²) in [5, 5.41) is 6.28. The highest BCUT2D eigenvalue weighted by molar-refractivity contribution is 7.98. The molecule has 0 saturated carbocycles. The number of H-pyrrole nitrogens is 1. The van der Waals surface area contributed by atoms with Crippen molar-refractivity contribution in [2.24, 2.45) is 0 Å². The van der Waals surface area contributed by atoms with Crippen molar-refractivity contribution in [1.29, 1.82) is 0 Å². The maximum Gasteiger partial charge on any atom is 0.296 e. The lowest BCUT2D eigenvalue weighted by molar-refractivity contribution is 0.140. The molecular formula is C11H11F2N3S. The number of nitrogens with zero attached hydrogens (tertiary/aromatic N) is 2. The molecule has 1 heterocycles. The molecular weight excluding hydrogens is 244 g/mol. The van der Waals surface area contributed by atoms with Gasteiger partial charge in [0.25, 0.3) is 6.43 Å². The van der Waals surface area contributed by atoms with E-state index in [0.717, 1.165) is 5.56 Å². The van der Waals surface area contributed by atoms with Gasteiger partial charge in [-0.3, -0.25) is 5.10 Å². The predicted octanol–water partition coefficient (Wildman–Crippen LogP) is 3.34. The van der Waals surface area contributed by atoms with Gasteiger partial charge in [0, 0.05) is 5.75 Å². The number of thioether (sulfide) groups is 1. The van der Waals surface area contributed by atoms with Crippen LogP contribution in [0.1, 0.15) is 23.4 Å². The Bertz CT molecular complexity index is 482. The van der Waals surface area contributed by atoms with Crippen LogP contribution in [0.15, 0.2) is 29.4 Å². The van der Waals surface area contributed by atoms with Crippen LogP contribution in [0.5, 0.6) is 0 Å². The first-order valence-corrected chi connectivity index (χ1v) is 6.02. The van der Waals surface area contributed by atoms with E-state index in [4.69, 9.17) is 0 Å². The molecule has 0 amide bonds. The van der Waals surface area contributed by atoms with Crippen LogP contribution in [0.3, 0.4) is 0 Å². The quantitative estimate of drug-likeness (QED) is 0.852. The minimum absolute atomic E-state index is 0.348. The summed E-state index contributed by atoms with van der Waals surface area (Å²) < 4.78 is 24.5. The third kappa shape index (κ3) is 3.26. The lowest BCUT2D eigenvalue weighted by Gasteiger charge is -1.98. The lowest BCUT2D eigenvalue weighted by atomic mass is 10.2. The van der Waals surface area contributed by atoms with Crippen LogP contribution in [-0.4, -0.2) is 15.2 Å². The molecule has 0 atom stereocenters. The van der Waals surface area contributed by atoms with Gasteiger partial charge in [-0.2, -0.15) is 0 Å². The van der Waals surface area contributed by atoms with Crippen molar-refractivity contribution in [2.45, 2.75) is 24.3 Å². The zero-order valence-corrected chi connectivity index (χ0v) is 9.97. The Morgan fingerprint density at radius 3 is 2.59 bits per heavy atom. The normalized spacial score (nSPS) is 11.1. The van der Waals surface area contributed by atoms with Crippen molar-refractivity contribution in [3.63, 3.8) is 0 Å². The van der Waals surface area contributed by atoms with Crippen molar-refractivity contribution in [2.75, 3.05) is 0 Å². The summed E-state index contributed by atoms with van der Waals surface area (Å²) in [6.45, 7) is 2.01. The molecule has 1 N–H and O–H groups in total. The fourth-order valence-electron chi connectivity index (χ4n) is 1.25. The average molecular weight is 255 g/mol. The Labute approximate surface area is 102 Å². The number of aromatic amines is 1. The monoisotopic (exact) mass is 255 g/mol. The summed E-state index contributed by atoms with van der Waals surface area (Å²) in [6, 6.07) is 8.03. The smallest absolute Gasteiger partial charge is 0.257 e. The Hall–Kier alpha value is -1.43. The minimum atomic E-state index is -2.60. The first-order valence-electron chi connectivity index (χ1n) is 5.04. The molecule has 1 aromatic heterocycles. The third-order valence-corrected chi connectivity index (χ3v) is 3.10. The largest absolute Gasteiger partial charge is 0.296 e. The van der Waals surface area contributed by atoms with Crippen LogP contribution in [-0.2, 0) is 5.75 Å². The molecule has 0 aliphatic rings. The molecule has 0 bridgehead atoms. The van der Waals surface area contributed by atoms with Crippen LogP contribution in [0, 0.1) is 6.92 Å². The van der Waals surface area contributed by atoms with E-state index in [-0.39, 0.29) is 5.82 Å². The molecule has 6 heteroatoms. The molecule has 17 heavy (non-hydrogen) atoms. The summed E-state index contributed by atoms with van der Waals surface area (Å²) in [5.74, 6) is 0.289. The minimum Gasteiger partial charge on any atom is -0.257 e. The Morgan fingerprint density at radius 1 is 1.29 bits per heavy atom. The first-order chi connectivity index (χ1) is 8.15. The van der Waals surface area contributed by atoms with Crippen molar-refractivity contribution in [1.82, 2.24) is 15.2 Å². The van der Waals surface area contributed by atoms with Crippen molar-refractivity contribution >= 4 is 11.8 Å². The van der Waals surface area contributed by atoms with Gasteiger partial charge in [-0.05, 0) is 12.5 Å². The average Bonchev–Trinajstić information content (AvgIpc) is 2.77. The first kappa shape index (κ1) is 12.0. The van der Waals surface area contributed by atoms with Gasteiger partial charge >= 0.3 is 0 Å². The number of hydrogen-bond donors (Lipinski definition) is 1. The Kier molecular flexibility index (Phi) is 3.73. The van der Waals surface area contributed by atoms with E-state index in [1.807, 2.05) is 31.2 Å². The highest BCUT2D eigenvalue weighted by Crippen LogP contribution is 2.21. The van der Waals surface area contributed by atoms with E-state index in [1.165, 1.54) is 17.3 Å². The zero-order chi connectivity index (χ0) is 12.3. The van der Waals surface area contributed by atoms with Crippen LogP contribution >= 0.6 is 11.8 Å². The Balaban J connectivity index is 1.95. The van der Waals surface area contributed by atoms with Gasteiger partial charge < -0.3 is 0 Å². The number of rotatable bonds is 4. The molecule has 0 unspecified atom stereocenters. The van der Waals surface area contributed by atoms with Gasteiger partial charge in [0.1, 0.15) is 0 Å². The summed E-state index contributed by atoms with van der Waals surface area (Å²) in [5.41, 5.74) is 2.31. The van der Waals surface area contributed by atoms with Crippen LogP contribution < -0.4 is 0 Å². The molecule has 1 aromatic carbocycles. The fraction of sp³-hybridized carbons (Fsp3) is 0.273. The third-order valence-electron chi connectivity index (χ3n) is 2.18. The highest BCUT2D eigenvalue weighted by Gasteiger charge is 2.12. The van der Waals surface area contributed by atoms with Gasteiger partial charge in [0.2, 0.25) is 5.16 Å². The van der Waals surface area contributed by atoms with Gasteiger partial charge in [0.15, 0.2) is 5.82 Å². The second kappa shape index (κ2) is 5.27. The topological polar surface area (TPSA) is 41.6 Å². The van der Waals surface area contributed by atoms with Crippen LogP contribution in [0.4, 0.5) is 8.78 Å². The van der Waals surface area contributed by atoms with E-state index in [9.17, 15) is 8.78 Å². The summed E-state index contributed by atoms with van der Waals surface area (Å²) in [7, 11) is 0. The van der Waals surface area contributed by atoms with Gasteiger partial charge in [-0.15, -0.1) is 5.10 Å². The molecule has 0 aliphatic carbocycles. The standard InChI is InChI=1S/C11H11F2N3S/c1-7-2-4-8(5-3-7)6-17-11-14-10(9(12)13)15-16-11/h2-5,9H,6H2,1H3,(H,14,15,16). The van der Waals surface area contributed by atoms with E-state index >= 15 is 0 Å². The summed E-state index contributed by atoms with van der Waals surface area (Å²) in [4.78, 5) is 3.69. The van der Waals surface area contributed by atoms with Gasteiger partial charge in [-0.25, -0.2) is 13.8 Å². The molecule has 0 saturated heterocycles. The van der Waals surface area contributed by atoms with E-state index in [0.29, 0.717) is 10.9 Å². The summed E-state index contributed by atoms with van der Waals surface area (Å²) in [6.07, 6.45) is -2.60. The molecule has 90 valence electrons. The van der Waals surface area contributed by atoms with Gasteiger partial charge in [-0.1, -0.05) is 41.6 Å². The number of halogens is 2.